The van der Waals surface area contributed by atoms with E-state index >= 15 is 0 Å². The van der Waals surface area contributed by atoms with Gasteiger partial charge < -0.3 is 10.1 Å². The lowest BCUT2D eigenvalue weighted by atomic mass is 10.2. The minimum atomic E-state index is -0.482. The standard InChI is InChI=1S/C22H20N6O5/c1-33-19-8-3-2-7-17(19)21(29)23-9-10-27-20-18(12-25-27)22(30)26(14-24-20)13-15-5-4-6-16(11-15)28(31)32/h2-8,11-12,14H,9-10,13H2,1H3,(H,23,29). The predicted octanol–water partition coefficient (Wildman–Crippen LogP) is 1.99. The number of ether oxygens (including phenoxy) is 1. The number of benzene rings is 2. The molecule has 0 aliphatic carbocycles. The first kappa shape index (κ1) is 21.7. The second kappa shape index (κ2) is 9.30. The van der Waals surface area contributed by atoms with Crippen LogP contribution in [0.15, 0.2) is 65.8 Å². The Morgan fingerprint density at radius 1 is 1.21 bits per heavy atom. The molecule has 0 fully saturated rings. The van der Waals surface area contributed by atoms with E-state index in [0.29, 0.717) is 34.5 Å². The zero-order valence-electron chi connectivity index (χ0n) is 17.7. The topological polar surface area (TPSA) is 134 Å². The number of hydrogen-bond acceptors (Lipinski definition) is 7. The third kappa shape index (κ3) is 4.56. The lowest BCUT2D eigenvalue weighted by Gasteiger charge is -2.09. The Hall–Kier alpha value is -4.54. The van der Waals surface area contributed by atoms with Crippen molar-refractivity contribution in [2.45, 2.75) is 13.1 Å². The van der Waals surface area contributed by atoms with Gasteiger partial charge in [0.2, 0.25) is 0 Å². The molecule has 0 aliphatic rings. The predicted molar refractivity (Wildman–Crippen MR) is 119 cm³/mol. The van der Waals surface area contributed by atoms with Crippen LogP contribution < -0.4 is 15.6 Å². The molecular formula is C22H20N6O5. The van der Waals surface area contributed by atoms with Gasteiger partial charge in [-0.3, -0.25) is 24.3 Å². The molecule has 33 heavy (non-hydrogen) atoms. The molecule has 4 aromatic rings. The highest BCUT2D eigenvalue weighted by Crippen LogP contribution is 2.17. The first-order valence-electron chi connectivity index (χ1n) is 10.0. The molecule has 11 heteroatoms. The third-order valence-corrected chi connectivity index (χ3v) is 5.06. The fourth-order valence-electron chi connectivity index (χ4n) is 3.44. The Kier molecular flexibility index (Phi) is 6.11. The van der Waals surface area contributed by atoms with Crippen LogP contribution in [0, 0.1) is 10.1 Å². The van der Waals surface area contributed by atoms with Crippen LogP contribution in [0.5, 0.6) is 5.75 Å². The summed E-state index contributed by atoms with van der Waals surface area (Å²) in [6.07, 6.45) is 2.81. The van der Waals surface area contributed by atoms with E-state index in [9.17, 15) is 19.7 Å². The quantitative estimate of drug-likeness (QED) is 0.322. The summed E-state index contributed by atoms with van der Waals surface area (Å²) in [5, 5.41) is 18.3. The van der Waals surface area contributed by atoms with Crippen LogP contribution in [0.1, 0.15) is 15.9 Å². The van der Waals surface area contributed by atoms with Gasteiger partial charge in [-0.1, -0.05) is 24.3 Å². The number of rotatable bonds is 8. The Bertz CT molecular complexity index is 1390. The molecule has 0 bridgehead atoms. The minimum absolute atomic E-state index is 0.0439. The lowest BCUT2D eigenvalue weighted by Crippen LogP contribution is -2.28. The van der Waals surface area contributed by atoms with Gasteiger partial charge in [0.15, 0.2) is 5.65 Å². The third-order valence-electron chi connectivity index (χ3n) is 5.06. The number of non-ortho nitro benzene ring substituents is 1. The van der Waals surface area contributed by atoms with Crippen molar-refractivity contribution >= 4 is 22.6 Å². The molecule has 11 nitrogen and oxygen atoms in total. The number of methoxy groups -OCH3 is 1. The monoisotopic (exact) mass is 448 g/mol. The van der Waals surface area contributed by atoms with Crippen LogP contribution in [0.3, 0.4) is 0 Å². The van der Waals surface area contributed by atoms with Crippen molar-refractivity contribution in [3.63, 3.8) is 0 Å². The van der Waals surface area contributed by atoms with E-state index in [1.54, 1.807) is 36.4 Å². The zero-order valence-corrected chi connectivity index (χ0v) is 17.7. The molecule has 0 unspecified atom stereocenters. The highest BCUT2D eigenvalue weighted by molar-refractivity contribution is 5.96. The summed E-state index contributed by atoms with van der Waals surface area (Å²) in [5.74, 6) is 0.196. The van der Waals surface area contributed by atoms with Crippen LogP contribution in [-0.4, -0.2) is 43.8 Å². The summed E-state index contributed by atoms with van der Waals surface area (Å²) >= 11 is 0. The Labute approximate surface area is 187 Å². The van der Waals surface area contributed by atoms with E-state index in [1.807, 2.05) is 0 Å². The number of carbonyl (C=O) groups is 1. The van der Waals surface area contributed by atoms with Crippen LogP contribution >= 0.6 is 0 Å². The Balaban J connectivity index is 1.47. The zero-order chi connectivity index (χ0) is 23.4. The van der Waals surface area contributed by atoms with Crippen molar-refractivity contribution in [2.75, 3.05) is 13.7 Å². The van der Waals surface area contributed by atoms with Crippen LogP contribution in [0.4, 0.5) is 5.69 Å². The first-order valence-corrected chi connectivity index (χ1v) is 10.0. The summed E-state index contributed by atoms with van der Waals surface area (Å²) in [7, 11) is 1.50. The number of fused-ring (bicyclic) bond motifs is 1. The number of para-hydroxylation sites is 1. The number of aromatic nitrogens is 4. The van der Waals surface area contributed by atoms with Gasteiger partial charge in [-0.05, 0) is 17.7 Å². The normalized spacial score (nSPS) is 10.8. The molecule has 168 valence electrons. The van der Waals surface area contributed by atoms with Gasteiger partial charge >= 0.3 is 0 Å². The largest absolute Gasteiger partial charge is 0.496 e. The molecule has 0 atom stereocenters. The second-order valence-electron chi connectivity index (χ2n) is 7.17. The molecule has 1 N–H and O–H groups in total. The molecule has 2 heterocycles. The van der Waals surface area contributed by atoms with Crippen LogP contribution in [0.25, 0.3) is 11.0 Å². The molecule has 4 rings (SSSR count). The van der Waals surface area contributed by atoms with E-state index in [-0.39, 0.29) is 30.2 Å². The number of amides is 1. The molecule has 0 saturated carbocycles. The average Bonchev–Trinajstić information content (AvgIpc) is 3.24. The SMILES string of the molecule is COc1ccccc1C(=O)NCCn1ncc2c(=O)n(Cc3cccc([N+](=O)[O-])c3)cnc21. The number of nitro benzene ring substituents is 1. The smallest absolute Gasteiger partial charge is 0.269 e. The average molecular weight is 448 g/mol. The maximum atomic E-state index is 12.9. The summed E-state index contributed by atoms with van der Waals surface area (Å²) < 4.78 is 8.11. The summed E-state index contributed by atoms with van der Waals surface area (Å²) in [4.78, 5) is 40.1. The maximum Gasteiger partial charge on any atom is 0.269 e. The molecule has 0 saturated heterocycles. The molecule has 0 radical (unpaired) electrons. The van der Waals surface area contributed by atoms with E-state index in [0.717, 1.165) is 0 Å². The molecule has 1 amide bonds. The number of carbonyl (C=O) groups excluding carboxylic acids is 1. The van der Waals surface area contributed by atoms with E-state index in [2.05, 4.69) is 15.4 Å². The van der Waals surface area contributed by atoms with Gasteiger partial charge in [0.25, 0.3) is 17.2 Å². The van der Waals surface area contributed by atoms with Crippen LogP contribution in [0.2, 0.25) is 0 Å². The van der Waals surface area contributed by atoms with Crippen molar-refractivity contribution in [3.05, 3.63) is 92.7 Å². The van der Waals surface area contributed by atoms with E-state index in [1.165, 1.54) is 41.0 Å². The Morgan fingerprint density at radius 3 is 2.82 bits per heavy atom. The van der Waals surface area contributed by atoms with Gasteiger partial charge in [0, 0.05) is 18.7 Å². The number of nitrogens with one attached hydrogen (secondary N) is 1. The number of nitrogens with zero attached hydrogens (tertiary/aromatic N) is 5. The van der Waals surface area contributed by atoms with Gasteiger partial charge in [0.1, 0.15) is 17.5 Å². The molecule has 2 aromatic heterocycles. The fourth-order valence-corrected chi connectivity index (χ4v) is 3.44. The highest BCUT2D eigenvalue weighted by Gasteiger charge is 2.14. The van der Waals surface area contributed by atoms with Crippen molar-refractivity contribution in [1.82, 2.24) is 24.6 Å². The lowest BCUT2D eigenvalue weighted by molar-refractivity contribution is -0.384. The minimum Gasteiger partial charge on any atom is -0.496 e. The van der Waals surface area contributed by atoms with Gasteiger partial charge in [0.05, 0.1) is 36.9 Å². The first-order chi connectivity index (χ1) is 16.0. The Morgan fingerprint density at radius 2 is 2.03 bits per heavy atom. The van der Waals surface area contributed by atoms with Gasteiger partial charge in [-0.15, -0.1) is 0 Å². The summed E-state index contributed by atoms with van der Waals surface area (Å²) in [5.41, 5.74) is 1.07. The maximum absolute atomic E-state index is 12.9. The molecule has 2 aromatic carbocycles. The molecule has 0 aliphatic heterocycles. The fraction of sp³-hybridized carbons (Fsp3) is 0.182. The number of hydrogen-bond donors (Lipinski definition) is 1. The highest BCUT2D eigenvalue weighted by atomic mass is 16.6. The second-order valence-corrected chi connectivity index (χ2v) is 7.17. The number of nitro groups is 1. The van der Waals surface area contributed by atoms with E-state index < -0.39 is 4.92 Å². The van der Waals surface area contributed by atoms with Gasteiger partial charge in [-0.25, -0.2) is 9.67 Å². The summed E-state index contributed by atoms with van der Waals surface area (Å²) in [6.45, 7) is 0.724. The van der Waals surface area contributed by atoms with Crippen molar-refractivity contribution in [1.29, 1.82) is 0 Å². The van der Waals surface area contributed by atoms with Crippen molar-refractivity contribution in [2.24, 2.45) is 0 Å². The van der Waals surface area contributed by atoms with Crippen molar-refractivity contribution < 1.29 is 14.5 Å². The summed E-state index contributed by atoms with van der Waals surface area (Å²) in [6, 6.07) is 13.0. The molecule has 0 spiro atoms. The van der Waals surface area contributed by atoms with Crippen LogP contribution in [-0.2, 0) is 13.1 Å². The van der Waals surface area contributed by atoms with Crippen molar-refractivity contribution in [3.8, 4) is 5.75 Å². The van der Waals surface area contributed by atoms with E-state index in [4.69, 9.17) is 4.74 Å². The molecular weight excluding hydrogens is 428 g/mol. The van der Waals surface area contributed by atoms with Gasteiger partial charge in [-0.2, -0.15) is 5.10 Å².